The molecule has 2 atom stereocenters. The van der Waals surface area contributed by atoms with Gasteiger partial charge in [0.15, 0.2) is 5.12 Å². The zero-order chi connectivity index (χ0) is 15.4. The van der Waals surface area contributed by atoms with Gasteiger partial charge in [-0.15, -0.1) is 0 Å². The number of carbonyl (C=O) groups excluding carboxylic acids is 1. The quantitative estimate of drug-likeness (QED) is 0.763. The molecule has 2 aromatic rings. The van der Waals surface area contributed by atoms with Crippen LogP contribution in [0, 0.1) is 0 Å². The Morgan fingerprint density at radius 2 is 2.14 bits per heavy atom. The van der Waals surface area contributed by atoms with Crippen molar-refractivity contribution in [3.63, 3.8) is 0 Å². The van der Waals surface area contributed by atoms with Gasteiger partial charge >= 0.3 is 0 Å². The highest BCUT2D eigenvalue weighted by Crippen LogP contribution is 2.25. The van der Waals surface area contributed by atoms with E-state index in [9.17, 15) is 15.0 Å². The zero-order valence-corrected chi connectivity index (χ0v) is 12.4. The lowest BCUT2D eigenvalue weighted by Crippen LogP contribution is -2.19. The van der Waals surface area contributed by atoms with Crippen LogP contribution in [0.4, 0.5) is 5.82 Å². The highest BCUT2D eigenvalue weighted by Gasteiger charge is 2.19. The molecule has 112 valence electrons. The fourth-order valence-corrected chi connectivity index (χ4v) is 2.63. The smallest absolute Gasteiger partial charge is 0.185 e. The van der Waals surface area contributed by atoms with Crippen LogP contribution >= 0.6 is 11.8 Å². The van der Waals surface area contributed by atoms with Gasteiger partial charge < -0.3 is 15.9 Å². The van der Waals surface area contributed by atoms with Crippen LogP contribution in [0.15, 0.2) is 24.5 Å². The van der Waals surface area contributed by atoms with Gasteiger partial charge in [-0.1, -0.05) is 17.8 Å². The standard InChI is InChI=1S/C14H17N3O3S/c1-8(18)21-5-4-12(19)13(20)9-2-3-11-10(6-9)14(15)17-7-16-11/h2-3,6-7,12-13,19-20H,4-5H2,1H3,(H2,15,16,17). The summed E-state index contributed by atoms with van der Waals surface area (Å²) < 4.78 is 0. The number of anilines is 1. The minimum absolute atomic E-state index is 0.00711. The number of thioether (sulfide) groups is 1. The first kappa shape index (κ1) is 15.7. The third kappa shape index (κ3) is 3.90. The van der Waals surface area contributed by atoms with Crippen molar-refractivity contribution in [1.82, 2.24) is 9.97 Å². The van der Waals surface area contributed by atoms with E-state index in [2.05, 4.69) is 9.97 Å². The van der Waals surface area contributed by atoms with Gasteiger partial charge in [0.25, 0.3) is 0 Å². The van der Waals surface area contributed by atoms with E-state index < -0.39 is 12.2 Å². The number of nitrogens with zero attached hydrogens (tertiary/aromatic N) is 2. The van der Waals surface area contributed by atoms with Gasteiger partial charge in [0, 0.05) is 18.1 Å². The molecule has 7 heteroatoms. The molecule has 0 aliphatic heterocycles. The van der Waals surface area contributed by atoms with Crippen molar-refractivity contribution in [2.24, 2.45) is 0 Å². The van der Waals surface area contributed by atoms with Crippen molar-refractivity contribution < 1.29 is 15.0 Å². The third-order valence-corrected chi connectivity index (χ3v) is 3.96. The van der Waals surface area contributed by atoms with Crippen LogP contribution in [0.1, 0.15) is 25.0 Å². The number of aliphatic hydroxyl groups excluding tert-OH is 2. The molecule has 21 heavy (non-hydrogen) atoms. The van der Waals surface area contributed by atoms with Crippen molar-refractivity contribution in [3.05, 3.63) is 30.1 Å². The Hall–Kier alpha value is -1.70. The van der Waals surface area contributed by atoms with Crippen molar-refractivity contribution in [2.75, 3.05) is 11.5 Å². The molecular weight excluding hydrogens is 290 g/mol. The Balaban J connectivity index is 2.13. The van der Waals surface area contributed by atoms with E-state index in [4.69, 9.17) is 5.73 Å². The molecule has 0 radical (unpaired) electrons. The van der Waals surface area contributed by atoms with Gasteiger partial charge in [-0.2, -0.15) is 0 Å². The molecule has 0 saturated carbocycles. The molecular formula is C14H17N3O3S. The monoisotopic (exact) mass is 307 g/mol. The lowest BCUT2D eigenvalue weighted by atomic mass is 10.0. The van der Waals surface area contributed by atoms with Crippen molar-refractivity contribution in [1.29, 1.82) is 0 Å². The Kier molecular flexibility index (Phi) is 5.11. The summed E-state index contributed by atoms with van der Waals surface area (Å²) in [6, 6.07) is 5.10. The van der Waals surface area contributed by atoms with Crippen molar-refractivity contribution in [3.8, 4) is 0 Å². The summed E-state index contributed by atoms with van der Waals surface area (Å²) in [4.78, 5) is 18.8. The summed E-state index contributed by atoms with van der Waals surface area (Å²) in [6.07, 6.45) is -0.284. The van der Waals surface area contributed by atoms with E-state index in [-0.39, 0.29) is 5.12 Å². The largest absolute Gasteiger partial charge is 0.390 e. The maximum absolute atomic E-state index is 10.8. The van der Waals surface area contributed by atoms with Crippen LogP contribution in [0.5, 0.6) is 0 Å². The lowest BCUT2D eigenvalue weighted by Gasteiger charge is -2.18. The Bertz CT molecular complexity index is 650. The van der Waals surface area contributed by atoms with Crippen molar-refractivity contribution in [2.45, 2.75) is 25.6 Å². The van der Waals surface area contributed by atoms with E-state index in [1.54, 1.807) is 18.2 Å². The number of hydrogen-bond donors (Lipinski definition) is 3. The molecule has 6 nitrogen and oxygen atoms in total. The second-order valence-corrected chi connectivity index (χ2v) is 5.95. The first-order valence-corrected chi connectivity index (χ1v) is 7.47. The number of hydrogen-bond acceptors (Lipinski definition) is 7. The predicted octanol–water partition coefficient (Wildman–Crippen LogP) is 1.28. The zero-order valence-electron chi connectivity index (χ0n) is 11.6. The van der Waals surface area contributed by atoms with Crippen LogP contribution < -0.4 is 5.73 Å². The van der Waals surface area contributed by atoms with Gasteiger partial charge in [0.05, 0.1) is 11.6 Å². The second-order valence-electron chi connectivity index (χ2n) is 4.68. The average molecular weight is 307 g/mol. The highest BCUT2D eigenvalue weighted by molar-refractivity contribution is 8.13. The number of nitrogens with two attached hydrogens (primary N) is 1. The molecule has 2 rings (SSSR count). The molecule has 0 bridgehead atoms. The van der Waals surface area contributed by atoms with E-state index in [1.807, 2.05) is 0 Å². The number of nitrogen functional groups attached to an aromatic ring is 1. The molecule has 2 unspecified atom stereocenters. The van der Waals surface area contributed by atoms with Gasteiger partial charge in [-0.3, -0.25) is 4.79 Å². The predicted molar refractivity (Wildman–Crippen MR) is 82.7 cm³/mol. The third-order valence-electron chi connectivity index (χ3n) is 3.12. The highest BCUT2D eigenvalue weighted by atomic mass is 32.2. The second kappa shape index (κ2) is 6.84. The molecule has 1 aromatic carbocycles. The summed E-state index contributed by atoms with van der Waals surface area (Å²) in [5, 5.41) is 20.8. The molecule has 1 heterocycles. The van der Waals surface area contributed by atoms with E-state index in [0.29, 0.717) is 34.5 Å². The Morgan fingerprint density at radius 3 is 2.86 bits per heavy atom. The number of fused-ring (bicyclic) bond motifs is 1. The number of aliphatic hydroxyl groups is 2. The maximum Gasteiger partial charge on any atom is 0.185 e. The van der Waals surface area contributed by atoms with Gasteiger partial charge in [-0.25, -0.2) is 9.97 Å². The lowest BCUT2D eigenvalue weighted by molar-refractivity contribution is -0.109. The summed E-state index contributed by atoms with van der Waals surface area (Å²) in [5.41, 5.74) is 7.01. The van der Waals surface area contributed by atoms with Crippen LogP contribution in [-0.2, 0) is 4.79 Å². The first-order chi connectivity index (χ1) is 9.99. The van der Waals surface area contributed by atoms with E-state index in [1.165, 1.54) is 13.3 Å². The number of rotatable bonds is 5. The molecule has 0 amide bonds. The number of carbonyl (C=O) groups is 1. The van der Waals surface area contributed by atoms with Crippen LogP contribution in [-0.4, -0.2) is 37.2 Å². The molecule has 0 spiro atoms. The Labute approximate surface area is 126 Å². The van der Waals surface area contributed by atoms with E-state index >= 15 is 0 Å². The number of aromatic nitrogens is 2. The van der Waals surface area contributed by atoms with Crippen LogP contribution in [0.2, 0.25) is 0 Å². The minimum Gasteiger partial charge on any atom is -0.390 e. The molecule has 0 aliphatic rings. The summed E-state index contributed by atoms with van der Waals surface area (Å²) in [7, 11) is 0. The summed E-state index contributed by atoms with van der Waals surface area (Å²) in [6.45, 7) is 1.47. The number of benzene rings is 1. The van der Waals surface area contributed by atoms with E-state index in [0.717, 1.165) is 11.8 Å². The van der Waals surface area contributed by atoms with Crippen LogP contribution in [0.25, 0.3) is 10.9 Å². The molecule has 0 aliphatic carbocycles. The molecule has 1 aromatic heterocycles. The minimum atomic E-state index is -1.04. The first-order valence-electron chi connectivity index (χ1n) is 6.48. The molecule has 4 N–H and O–H groups in total. The summed E-state index contributed by atoms with van der Waals surface area (Å²) >= 11 is 1.13. The maximum atomic E-state index is 10.8. The normalized spacial score (nSPS) is 14.0. The van der Waals surface area contributed by atoms with Gasteiger partial charge in [-0.05, 0) is 24.1 Å². The van der Waals surface area contributed by atoms with Gasteiger partial charge in [0.1, 0.15) is 18.2 Å². The fraction of sp³-hybridized carbons (Fsp3) is 0.357. The summed E-state index contributed by atoms with van der Waals surface area (Å²) in [5.74, 6) is 0.794. The molecule has 0 saturated heterocycles. The van der Waals surface area contributed by atoms with Gasteiger partial charge in [0.2, 0.25) is 0 Å². The Morgan fingerprint density at radius 1 is 1.38 bits per heavy atom. The van der Waals surface area contributed by atoms with Crippen LogP contribution in [0.3, 0.4) is 0 Å². The topological polar surface area (TPSA) is 109 Å². The fourth-order valence-electron chi connectivity index (χ4n) is 1.98. The van der Waals surface area contributed by atoms with Crippen molar-refractivity contribution >= 4 is 33.6 Å². The molecule has 0 fully saturated rings. The SMILES string of the molecule is CC(=O)SCCC(O)C(O)c1ccc2ncnc(N)c2c1. The average Bonchev–Trinajstić information content (AvgIpc) is 2.46.